The lowest BCUT2D eigenvalue weighted by Gasteiger charge is -2.18. The molecule has 0 bridgehead atoms. The summed E-state index contributed by atoms with van der Waals surface area (Å²) in [6.07, 6.45) is 2.16. The Hall–Kier alpha value is -2.74. The summed E-state index contributed by atoms with van der Waals surface area (Å²) in [5, 5.41) is 20.4. The van der Waals surface area contributed by atoms with E-state index in [1.54, 1.807) is 13.0 Å². The van der Waals surface area contributed by atoms with Crippen molar-refractivity contribution in [3.05, 3.63) is 41.7 Å². The Morgan fingerprint density at radius 2 is 2.00 bits per heavy atom. The van der Waals surface area contributed by atoms with E-state index in [4.69, 9.17) is 5.11 Å². The van der Waals surface area contributed by atoms with Crippen molar-refractivity contribution in [2.45, 2.75) is 13.3 Å². The number of tetrazole rings is 1. The second kappa shape index (κ2) is 7.89. The Balaban J connectivity index is 0.00000225. The van der Waals surface area contributed by atoms with Gasteiger partial charge in [0.25, 0.3) is 5.91 Å². The molecule has 0 saturated carbocycles. The van der Waals surface area contributed by atoms with E-state index in [-0.39, 0.29) is 24.9 Å². The smallest absolute Gasteiger partial charge is 0.308 e. The average molecular weight is 364 g/mol. The van der Waals surface area contributed by atoms with Gasteiger partial charge >= 0.3 is 5.97 Å². The van der Waals surface area contributed by atoms with Crippen LogP contribution in [-0.4, -0.2) is 55.2 Å². The van der Waals surface area contributed by atoms with Crippen LogP contribution < -0.4 is 0 Å². The minimum Gasteiger partial charge on any atom is -0.481 e. The van der Waals surface area contributed by atoms with Crippen molar-refractivity contribution in [2.24, 2.45) is 5.92 Å². The first-order chi connectivity index (χ1) is 11.6. The molecule has 1 amide bonds. The van der Waals surface area contributed by atoms with Crippen LogP contribution in [0.4, 0.5) is 0 Å². The van der Waals surface area contributed by atoms with Crippen molar-refractivity contribution >= 4 is 36.1 Å². The SMILES string of the molecule is Cc1nnnn1/C(=C/c1ccccc1)C(=O)N1CCC(C(=O)O)C1.Cl. The number of hydrogen-bond donors (Lipinski definition) is 1. The van der Waals surface area contributed by atoms with Gasteiger partial charge < -0.3 is 10.0 Å². The lowest BCUT2D eigenvalue weighted by molar-refractivity contribution is -0.141. The van der Waals surface area contributed by atoms with Gasteiger partial charge in [-0.05, 0) is 35.4 Å². The number of aryl methyl sites for hydroxylation is 1. The Labute approximate surface area is 150 Å². The largest absolute Gasteiger partial charge is 0.481 e. The molecule has 9 heteroatoms. The van der Waals surface area contributed by atoms with Crippen LogP contribution in [0.25, 0.3) is 11.8 Å². The minimum atomic E-state index is -0.877. The van der Waals surface area contributed by atoms with Crippen LogP contribution in [0.5, 0.6) is 0 Å². The topological polar surface area (TPSA) is 101 Å². The molecule has 1 aromatic heterocycles. The maximum absolute atomic E-state index is 12.9. The molecular weight excluding hydrogens is 346 g/mol. The molecule has 132 valence electrons. The highest BCUT2D eigenvalue weighted by atomic mass is 35.5. The van der Waals surface area contributed by atoms with Crippen LogP contribution in [0.3, 0.4) is 0 Å². The first kappa shape index (κ1) is 18.6. The van der Waals surface area contributed by atoms with Crippen LogP contribution in [-0.2, 0) is 9.59 Å². The summed E-state index contributed by atoms with van der Waals surface area (Å²) < 4.78 is 1.38. The molecule has 1 unspecified atom stereocenters. The summed E-state index contributed by atoms with van der Waals surface area (Å²) in [5.41, 5.74) is 1.14. The molecule has 1 aliphatic heterocycles. The van der Waals surface area contributed by atoms with Crippen LogP contribution in [0.15, 0.2) is 30.3 Å². The number of amides is 1. The maximum Gasteiger partial charge on any atom is 0.308 e. The molecule has 25 heavy (non-hydrogen) atoms. The number of rotatable bonds is 4. The number of carboxylic acids is 1. The number of aliphatic carboxylic acids is 1. The van der Waals surface area contributed by atoms with E-state index in [0.717, 1.165) is 5.56 Å². The normalized spacial score (nSPS) is 17.2. The minimum absolute atomic E-state index is 0. The summed E-state index contributed by atoms with van der Waals surface area (Å²) in [4.78, 5) is 25.6. The molecule has 3 rings (SSSR count). The quantitative estimate of drug-likeness (QED) is 0.822. The monoisotopic (exact) mass is 363 g/mol. The highest BCUT2D eigenvalue weighted by Crippen LogP contribution is 2.21. The number of likely N-dealkylation sites (tertiary alicyclic amines) is 1. The number of carbonyl (C=O) groups excluding carboxylic acids is 1. The van der Waals surface area contributed by atoms with E-state index in [1.807, 2.05) is 30.3 Å². The number of carbonyl (C=O) groups is 2. The molecule has 1 atom stereocenters. The predicted molar refractivity (Wildman–Crippen MR) is 92.7 cm³/mol. The predicted octanol–water partition coefficient (Wildman–Crippen LogP) is 1.33. The lowest BCUT2D eigenvalue weighted by Crippen LogP contribution is -2.32. The molecule has 0 spiro atoms. The number of hydrogen-bond acceptors (Lipinski definition) is 5. The fourth-order valence-electron chi connectivity index (χ4n) is 2.68. The lowest BCUT2D eigenvalue weighted by atomic mass is 10.1. The Kier molecular flexibility index (Phi) is 5.87. The third-order valence-electron chi connectivity index (χ3n) is 4.00. The Morgan fingerprint density at radius 3 is 2.56 bits per heavy atom. The standard InChI is InChI=1S/C16H17N5O3.ClH/c1-11-17-18-19-21(11)14(9-12-5-3-2-4-6-12)15(22)20-8-7-13(10-20)16(23)24;/h2-6,9,13H,7-8,10H2,1H3,(H,23,24);1H/b14-9+;. The molecule has 1 aliphatic rings. The zero-order valence-corrected chi connectivity index (χ0v) is 14.4. The van der Waals surface area contributed by atoms with Crippen molar-refractivity contribution < 1.29 is 14.7 Å². The molecule has 0 radical (unpaired) electrons. The molecule has 1 fully saturated rings. The van der Waals surface area contributed by atoms with Gasteiger partial charge in [-0.1, -0.05) is 30.3 Å². The van der Waals surface area contributed by atoms with Crippen LogP contribution >= 0.6 is 12.4 Å². The van der Waals surface area contributed by atoms with Gasteiger partial charge in [0.15, 0.2) is 5.82 Å². The molecule has 1 saturated heterocycles. The number of benzene rings is 1. The van der Waals surface area contributed by atoms with Crippen molar-refractivity contribution in [3.63, 3.8) is 0 Å². The van der Waals surface area contributed by atoms with Crippen molar-refractivity contribution in [3.8, 4) is 0 Å². The number of carboxylic acid groups (broad SMARTS) is 1. The molecule has 2 heterocycles. The third kappa shape index (κ3) is 4.03. The molecule has 0 aliphatic carbocycles. The maximum atomic E-state index is 12.9. The molecular formula is C16H18ClN5O3. The number of nitrogens with zero attached hydrogens (tertiary/aromatic N) is 5. The van der Waals surface area contributed by atoms with Gasteiger partial charge in [0, 0.05) is 13.1 Å². The van der Waals surface area contributed by atoms with Gasteiger partial charge in [0.1, 0.15) is 5.70 Å². The Bertz CT molecular complexity index is 790. The highest BCUT2D eigenvalue weighted by Gasteiger charge is 2.33. The van der Waals surface area contributed by atoms with Gasteiger partial charge in [-0.3, -0.25) is 9.59 Å². The fourth-order valence-corrected chi connectivity index (χ4v) is 2.68. The van der Waals surface area contributed by atoms with Crippen molar-refractivity contribution in [1.82, 2.24) is 25.1 Å². The number of aromatic nitrogens is 4. The second-order valence-electron chi connectivity index (χ2n) is 5.65. The van der Waals surface area contributed by atoms with Crippen molar-refractivity contribution in [2.75, 3.05) is 13.1 Å². The summed E-state index contributed by atoms with van der Waals surface area (Å²) in [6, 6.07) is 9.38. The van der Waals surface area contributed by atoms with E-state index in [1.165, 1.54) is 9.58 Å². The third-order valence-corrected chi connectivity index (χ3v) is 4.00. The zero-order valence-electron chi connectivity index (χ0n) is 13.6. The zero-order chi connectivity index (χ0) is 17.1. The van der Waals surface area contributed by atoms with Crippen LogP contribution in [0.2, 0.25) is 0 Å². The first-order valence-electron chi connectivity index (χ1n) is 7.60. The van der Waals surface area contributed by atoms with E-state index in [0.29, 0.717) is 24.5 Å². The Morgan fingerprint density at radius 1 is 1.28 bits per heavy atom. The average Bonchev–Trinajstić information content (AvgIpc) is 3.22. The molecule has 8 nitrogen and oxygen atoms in total. The van der Waals surface area contributed by atoms with Gasteiger partial charge in [-0.2, -0.15) is 4.68 Å². The van der Waals surface area contributed by atoms with Gasteiger partial charge in [-0.15, -0.1) is 17.5 Å². The number of halogens is 1. The molecule has 1 aromatic carbocycles. The van der Waals surface area contributed by atoms with E-state index in [2.05, 4.69) is 15.5 Å². The van der Waals surface area contributed by atoms with Crippen LogP contribution in [0.1, 0.15) is 17.8 Å². The molecule has 2 aromatic rings. The summed E-state index contributed by atoms with van der Waals surface area (Å²) in [6.45, 7) is 2.31. The first-order valence-corrected chi connectivity index (χ1v) is 7.60. The summed E-state index contributed by atoms with van der Waals surface area (Å²) in [5.74, 6) is -1.20. The van der Waals surface area contributed by atoms with E-state index < -0.39 is 11.9 Å². The summed E-state index contributed by atoms with van der Waals surface area (Å²) in [7, 11) is 0. The molecule has 1 N–H and O–H groups in total. The van der Waals surface area contributed by atoms with E-state index >= 15 is 0 Å². The van der Waals surface area contributed by atoms with Crippen molar-refractivity contribution in [1.29, 1.82) is 0 Å². The van der Waals surface area contributed by atoms with Gasteiger partial charge in [0.05, 0.1) is 5.92 Å². The fraction of sp³-hybridized carbons (Fsp3) is 0.312. The summed E-state index contributed by atoms with van der Waals surface area (Å²) >= 11 is 0. The van der Waals surface area contributed by atoms with Gasteiger partial charge in [0.2, 0.25) is 0 Å². The highest BCUT2D eigenvalue weighted by molar-refractivity contribution is 6.18. The second-order valence-corrected chi connectivity index (χ2v) is 5.65. The van der Waals surface area contributed by atoms with Crippen LogP contribution in [0, 0.1) is 12.8 Å². The van der Waals surface area contributed by atoms with E-state index in [9.17, 15) is 9.59 Å². The van der Waals surface area contributed by atoms with Gasteiger partial charge in [-0.25, -0.2) is 0 Å².